The zero-order valence-electron chi connectivity index (χ0n) is 11.1. The van der Waals surface area contributed by atoms with Crippen LogP contribution >= 0.6 is 11.6 Å². The second kappa shape index (κ2) is 6.24. The Morgan fingerprint density at radius 2 is 2.15 bits per heavy atom. The summed E-state index contributed by atoms with van der Waals surface area (Å²) in [5.41, 5.74) is 13.8. The largest absolute Gasteiger partial charge is 0.370 e. The highest BCUT2D eigenvalue weighted by Crippen LogP contribution is 2.33. The van der Waals surface area contributed by atoms with Gasteiger partial charge in [0.05, 0.1) is 6.42 Å². The number of anilines is 1. The van der Waals surface area contributed by atoms with Crippen molar-refractivity contribution < 1.29 is 9.59 Å². The number of hydrogen-bond acceptors (Lipinski definition) is 3. The molecule has 1 aromatic carbocycles. The molecule has 2 amide bonds. The minimum Gasteiger partial charge on any atom is -0.370 e. The number of amides is 2. The van der Waals surface area contributed by atoms with Gasteiger partial charge in [0.25, 0.3) is 0 Å². The van der Waals surface area contributed by atoms with Crippen LogP contribution in [0.5, 0.6) is 0 Å². The van der Waals surface area contributed by atoms with Gasteiger partial charge in [0.1, 0.15) is 0 Å². The number of carbonyl (C=O) groups is 2. The summed E-state index contributed by atoms with van der Waals surface area (Å²) in [6.07, 6.45) is 3.02. The van der Waals surface area contributed by atoms with Gasteiger partial charge in [-0.05, 0) is 30.0 Å². The van der Waals surface area contributed by atoms with Gasteiger partial charge in [0.2, 0.25) is 11.8 Å². The normalized spacial score (nSPS) is 14.8. The van der Waals surface area contributed by atoms with Gasteiger partial charge in [-0.3, -0.25) is 9.59 Å². The van der Waals surface area contributed by atoms with Gasteiger partial charge in [-0.25, -0.2) is 0 Å². The highest BCUT2D eigenvalue weighted by Gasteiger charge is 2.21. The number of nitrogens with two attached hydrogens (primary N) is 2. The Labute approximate surface area is 122 Å². The van der Waals surface area contributed by atoms with Crippen LogP contribution in [0.3, 0.4) is 0 Å². The highest BCUT2D eigenvalue weighted by atomic mass is 35.5. The maximum absolute atomic E-state index is 11.3. The molecule has 5 nitrogen and oxygen atoms in total. The van der Waals surface area contributed by atoms with Crippen LogP contribution in [0.15, 0.2) is 12.1 Å². The molecule has 20 heavy (non-hydrogen) atoms. The summed E-state index contributed by atoms with van der Waals surface area (Å²) < 4.78 is 0. The van der Waals surface area contributed by atoms with Crippen LogP contribution in [-0.4, -0.2) is 11.8 Å². The summed E-state index contributed by atoms with van der Waals surface area (Å²) in [4.78, 5) is 22.0. The van der Waals surface area contributed by atoms with Crippen molar-refractivity contribution in [2.45, 2.75) is 38.1 Å². The van der Waals surface area contributed by atoms with Gasteiger partial charge in [0, 0.05) is 23.2 Å². The van der Waals surface area contributed by atoms with Crippen LogP contribution < -0.4 is 16.8 Å². The summed E-state index contributed by atoms with van der Waals surface area (Å²) in [5.74, 6) is -0.318. The Kier molecular flexibility index (Phi) is 4.62. The Morgan fingerprint density at radius 3 is 2.85 bits per heavy atom. The first-order chi connectivity index (χ1) is 9.47. The summed E-state index contributed by atoms with van der Waals surface area (Å²) in [6.45, 7) is 0. The number of fused-ring (bicyclic) bond motifs is 1. The van der Waals surface area contributed by atoms with E-state index in [2.05, 4.69) is 5.32 Å². The Hall–Kier alpha value is -1.59. The fraction of sp³-hybridized carbons (Fsp3) is 0.429. The zero-order valence-corrected chi connectivity index (χ0v) is 11.9. The molecule has 1 unspecified atom stereocenters. The summed E-state index contributed by atoms with van der Waals surface area (Å²) >= 11 is 6.21. The molecule has 1 aromatic rings. The van der Waals surface area contributed by atoms with Gasteiger partial charge in [-0.1, -0.05) is 24.1 Å². The molecule has 6 heteroatoms. The van der Waals surface area contributed by atoms with Crippen molar-refractivity contribution in [3.8, 4) is 0 Å². The van der Waals surface area contributed by atoms with E-state index in [9.17, 15) is 9.59 Å². The van der Waals surface area contributed by atoms with E-state index in [0.29, 0.717) is 17.9 Å². The molecule has 5 N–H and O–H groups in total. The van der Waals surface area contributed by atoms with Crippen molar-refractivity contribution in [3.05, 3.63) is 28.3 Å². The summed E-state index contributed by atoms with van der Waals surface area (Å²) in [5, 5.41) is 3.32. The first-order valence-electron chi connectivity index (χ1n) is 6.63. The maximum Gasteiger partial charge on any atom is 0.228 e. The van der Waals surface area contributed by atoms with Crippen molar-refractivity contribution in [3.63, 3.8) is 0 Å². The molecule has 2 rings (SSSR count). The van der Waals surface area contributed by atoms with E-state index in [4.69, 9.17) is 23.1 Å². The van der Waals surface area contributed by atoms with Crippen molar-refractivity contribution in [2.75, 3.05) is 5.32 Å². The van der Waals surface area contributed by atoms with E-state index >= 15 is 0 Å². The first-order valence-corrected chi connectivity index (χ1v) is 7.01. The van der Waals surface area contributed by atoms with Crippen molar-refractivity contribution in [1.82, 2.24) is 0 Å². The number of nitrogens with one attached hydrogen (secondary N) is 1. The molecule has 0 radical (unpaired) electrons. The second-order valence-corrected chi connectivity index (χ2v) is 5.48. The molecule has 1 aliphatic rings. The van der Waals surface area contributed by atoms with Crippen molar-refractivity contribution >= 4 is 29.1 Å². The third-order valence-corrected chi connectivity index (χ3v) is 3.76. The second-order valence-electron chi connectivity index (χ2n) is 5.07. The van der Waals surface area contributed by atoms with Crippen LogP contribution in [0, 0.1) is 0 Å². The first kappa shape index (κ1) is 14.8. The smallest absolute Gasteiger partial charge is 0.228 e. The number of unbranched alkanes of at least 4 members (excludes halogenated alkanes) is 1. The Morgan fingerprint density at radius 1 is 1.40 bits per heavy atom. The molecule has 0 saturated heterocycles. The molecule has 0 spiro atoms. The fourth-order valence-corrected chi connectivity index (χ4v) is 2.67. The lowest BCUT2D eigenvalue weighted by Gasteiger charge is -2.15. The third-order valence-electron chi connectivity index (χ3n) is 3.44. The fourth-order valence-electron chi connectivity index (χ4n) is 2.37. The average Bonchev–Trinajstić information content (AvgIpc) is 2.72. The van der Waals surface area contributed by atoms with E-state index in [1.54, 1.807) is 6.07 Å². The highest BCUT2D eigenvalue weighted by molar-refractivity contribution is 6.32. The molecule has 0 bridgehead atoms. The van der Waals surface area contributed by atoms with E-state index in [0.717, 1.165) is 36.1 Å². The van der Waals surface area contributed by atoms with Gasteiger partial charge >= 0.3 is 0 Å². The van der Waals surface area contributed by atoms with Gasteiger partial charge in [-0.15, -0.1) is 0 Å². The minimum absolute atomic E-state index is 0.0248. The Balaban J connectivity index is 2.00. The topological polar surface area (TPSA) is 98.2 Å². The van der Waals surface area contributed by atoms with Gasteiger partial charge < -0.3 is 16.8 Å². The molecule has 0 aromatic heterocycles. The predicted octanol–water partition coefficient (Wildman–Crippen LogP) is 1.88. The van der Waals surface area contributed by atoms with E-state index in [1.807, 2.05) is 6.07 Å². The van der Waals surface area contributed by atoms with Crippen molar-refractivity contribution in [1.29, 1.82) is 0 Å². The molecular weight excluding hydrogens is 278 g/mol. The molecule has 0 fully saturated rings. The minimum atomic E-state index is -0.293. The van der Waals surface area contributed by atoms with Crippen LogP contribution in [0.25, 0.3) is 0 Å². The number of halogens is 1. The molecule has 1 aliphatic heterocycles. The number of hydrogen-bond donors (Lipinski definition) is 3. The average molecular weight is 296 g/mol. The van der Waals surface area contributed by atoms with Crippen LogP contribution in [0.2, 0.25) is 5.02 Å². The lowest BCUT2D eigenvalue weighted by atomic mass is 9.98. The summed E-state index contributed by atoms with van der Waals surface area (Å²) in [7, 11) is 0. The molecule has 1 atom stereocenters. The van der Waals surface area contributed by atoms with Crippen LogP contribution in [0.1, 0.15) is 42.9 Å². The molecule has 0 aliphatic carbocycles. The molecule has 0 saturated carbocycles. The van der Waals surface area contributed by atoms with Gasteiger partial charge in [-0.2, -0.15) is 0 Å². The molecular formula is C14H18ClN3O2. The standard InChI is InChI=1S/C14H18ClN3O2/c15-10-7-12-8(6-14(20)18-12)5-9(10)11(16)3-1-2-4-13(17)19/h5,7,11H,1-4,6,16H2,(H2,17,19)(H,18,20). The van der Waals surface area contributed by atoms with Crippen LogP contribution in [-0.2, 0) is 16.0 Å². The van der Waals surface area contributed by atoms with E-state index < -0.39 is 0 Å². The van der Waals surface area contributed by atoms with Gasteiger partial charge in [0.15, 0.2) is 0 Å². The Bertz CT molecular complexity index is 545. The van der Waals surface area contributed by atoms with Crippen molar-refractivity contribution in [2.24, 2.45) is 11.5 Å². The monoisotopic (exact) mass is 295 g/mol. The number of primary amides is 1. The predicted molar refractivity (Wildman–Crippen MR) is 78.4 cm³/mol. The lowest BCUT2D eigenvalue weighted by Crippen LogP contribution is -2.13. The number of rotatable bonds is 6. The summed E-state index contributed by atoms with van der Waals surface area (Å²) in [6, 6.07) is 3.45. The van der Waals surface area contributed by atoms with Crippen LogP contribution in [0.4, 0.5) is 5.69 Å². The zero-order chi connectivity index (χ0) is 14.7. The van der Waals surface area contributed by atoms with E-state index in [-0.39, 0.29) is 17.9 Å². The quantitative estimate of drug-likeness (QED) is 0.699. The lowest BCUT2D eigenvalue weighted by molar-refractivity contribution is -0.118. The number of carbonyl (C=O) groups excluding carboxylic acids is 2. The SMILES string of the molecule is NC(=O)CCCCC(N)c1cc2c(cc1Cl)NC(=O)C2. The number of benzene rings is 1. The maximum atomic E-state index is 11.3. The third kappa shape index (κ3) is 3.49. The molecule has 1 heterocycles. The molecule has 108 valence electrons. The van der Waals surface area contributed by atoms with E-state index in [1.165, 1.54) is 0 Å².